The van der Waals surface area contributed by atoms with Gasteiger partial charge in [0.1, 0.15) is 0 Å². The first-order valence-corrected chi connectivity index (χ1v) is 6.00. The highest BCUT2D eigenvalue weighted by molar-refractivity contribution is 5.98. The van der Waals surface area contributed by atoms with E-state index in [0.29, 0.717) is 5.56 Å². The summed E-state index contributed by atoms with van der Waals surface area (Å²) in [6, 6.07) is 5.61. The zero-order valence-electron chi connectivity index (χ0n) is 10.5. The van der Waals surface area contributed by atoms with E-state index in [9.17, 15) is 4.79 Å². The molecule has 17 heavy (non-hydrogen) atoms. The number of primary amides is 1. The summed E-state index contributed by atoms with van der Waals surface area (Å²) in [5, 5.41) is 6.51. The van der Waals surface area contributed by atoms with Gasteiger partial charge in [-0.3, -0.25) is 4.79 Å². The molecule has 0 spiro atoms. The average molecular weight is 235 g/mol. The summed E-state index contributed by atoms with van der Waals surface area (Å²) < 4.78 is 0. The van der Waals surface area contributed by atoms with Crippen LogP contribution in [0.2, 0.25) is 0 Å². The van der Waals surface area contributed by atoms with Crippen molar-refractivity contribution in [1.29, 1.82) is 0 Å². The summed E-state index contributed by atoms with van der Waals surface area (Å²) in [5.74, 6) is -0.390. The van der Waals surface area contributed by atoms with E-state index in [-0.39, 0.29) is 5.91 Å². The van der Waals surface area contributed by atoms with Crippen molar-refractivity contribution >= 4 is 11.6 Å². The van der Waals surface area contributed by atoms with E-state index in [1.54, 1.807) is 6.07 Å². The monoisotopic (exact) mass is 235 g/mol. The van der Waals surface area contributed by atoms with Crippen LogP contribution in [0.15, 0.2) is 18.2 Å². The SMILES string of the molecule is CCNCCCNc1cc(C)ccc1C(N)=O. The lowest BCUT2D eigenvalue weighted by Crippen LogP contribution is -2.19. The van der Waals surface area contributed by atoms with Gasteiger partial charge in [0, 0.05) is 12.2 Å². The van der Waals surface area contributed by atoms with Gasteiger partial charge in [0.05, 0.1) is 5.56 Å². The largest absolute Gasteiger partial charge is 0.384 e. The molecule has 0 fully saturated rings. The third-order valence-electron chi connectivity index (χ3n) is 2.54. The molecule has 94 valence electrons. The maximum atomic E-state index is 11.2. The Morgan fingerprint density at radius 1 is 1.35 bits per heavy atom. The molecule has 1 rings (SSSR count). The van der Waals surface area contributed by atoms with Crippen molar-refractivity contribution < 1.29 is 4.79 Å². The lowest BCUT2D eigenvalue weighted by atomic mass is 10.1. The number of anilines is 1. The van der Waals surface area contributed by atoms with Crippen molar-refractivity contribution in [3.05, 3.63) is 29.3 Å². The molecule has 0 radical (unpaired) electrons. The second-order valence-electron chi connectivity index (χ2n) is 4.05. The van der Waals surface area contributed by atoms with Crippen LogP contribution in [0.1, 0.15) is 29.3 Å². The predicted molar refractivity (Wildman–Crippen MR) is 71.3 cm³/mol. The maximum absolute atomic E-state index is 11.2. The summed E-state index contributed by atoms with van der Waals surface area (Å²) in [4.78, 5) is 11.2. The zero-order valence-corrected chi connectivity index (χ0v) is 10.5. The van der Waals surface area contributed by atoms with Gasteiger partial charge in [0.2, 0.25) is 0 Å². The smallest absolute Gasteiger partial charge is 0.250 e. The second kappa shape index (κ2) is 6.91. The van der Waals surface area contributed by atoms with Crippen LogP contribution in [-0.2, 0) is 0 Å². The Labute approximate surface area is 103 Å². The maximum Gasteiger partial charge on any atom is 0.250 e. The molecule has 4 N–H and O–H groups in total. The van der Waals surface area contributed by atoms with Crippen LogP contribution in [0.5, 0.6) is 0 Å². The fourth-order valence-corrected chi connectivity index (χ4v) is 1.63. The Balaban J connectivity index is 2.56. The van der Waals surface area contributed by atoms with Crippen molar-refractivity contribution in [1.82, 2.24) is 5.32 Å². The fraction of sp³-hybridized carbons (Fsp3) is 0.462. The van der Waals surface area contributed by atoms with Crippen molar-refractivity contribution in [2.45, 2.75) is 20.3 Å². The van der Waals surface area contributed by atoms with Crippen LogP contribution in [-0.4, -0.2) is 25.5 Å². The number of nitrogens with one attached hydrogen (secondary N) is 2. The van der Waals surface area contributed by atoms with Crippen LogP contribution in [0, 0.1) is 6.92 Å². The number of aryl methyl sites for hydroxylation is 1. The molecule has 0 aliphatic heterocycles. The van der Waals surface area contributed by atoms with Crippen molar-refractivity contribution in [3.8, 4) is 0 Å². The highest BCUT2D eigenvalue weighted by Gasteiger charge is 2.07. The Hall–Kier alpha value is -1.55. The quantitative estimate of drug-likeness (QED) is 0.627. The minimum Gasteiger partial charge on any atom is -0.384 e. The molecule has 0 saturated carbocycles. The van der Waals surface area contributed by atoms with Gasteiger partial charge in [0.15, 0.2) is 0 Å². The van der Waals surface area contributed by atoms with Gasteiger partial charge in [-0.05, 0) is 44.1 Å². The zero-order chi connectivity index (χ0) is 12.7. The molecule has 0 saturated heterocycles. The van der Waals surface area contributed by atoms with Gasteiger partial charge in [0.25, 0.3) is 5.91 Å². The molecule has 0 heterocycles. The van der Waals surface area contributed by atoms with Crippen LogP contribution in [0.25, 0.3) is 0 Å². The van der Waals surface area contributed by atoms with E-state index < -0.39 is 0 Å². The Kier molecular flexibility index (Phi) is 5.49. The van der Waals surface area contributed by atoms with Gasteiger partial charge in [-0.2, -0.15) is 0 Å². The number of hydrogen-bond acceptors (Lipinski definition) is 3. The standard InChI is InChI=1S/C13H21N3O/c1-3-15-7-4-8-16-12-9-10(2)5-6-11(12)13(14)17/h5-6,9,15-16H,3-4,7-8H2,1-2H3,(H2,14,17). The summed E-state index contributed by atoms with van der Waals surface area (Å²) in [6.07, 6.45) is 1.01. The molecule has 0 unspecified atom stereocenters. The van der Waals surface area contributed by atoms with Crippen molar-refractivity contribution in [2.24, 2.45) is 5.73 Å². The predicted octanol–water partition coefficient (Wildman–Crippen LogP) is 1.51. The molecule has 0 aliphatic carbocycles. The minimum absolute atomic E-state index is 0.390. The molecule has 4 nitrogen and oxygen atoms in total. The fourth-order valence-electron chi connectivity index (χ4n) is 1.63. The summed E-state index contributed by atoms with van der Waals surface area (Å²) >= 11 is 0. The first kappa shape index (κ1) is 13.5. The van der Waals surface area contributed by atoms with E-state index in [1.807, 2.05) is 19.1 Å². The van der Waals surface area contributed by atoms with E-state index in [4.69, 9.17) is 5.73 Å². The average Bonchev–Trinajstić information content (AvgIpc) is 2.28. The van der Waals surface area contributed by atoms with E-state index in [2.05, 4.69) is 17.6 Å². The Morgan fingerprint density at radius 2 is 2.12 bits per heavy atom. The van der Waals surface area contributed by atoms with Crippen LogP contribution in [0.4, 0.5) is 5.69 Å². The van der Waals surface area contributed by atoms with Gasteiger partial charge >= 0.3 is 0 Å². The normalized spacial score (nSPS) is 10.2. The number of benzene rings is 1. The van der Waals surface area contributed by atoms with Crippen LogP contribution in [0.3, 0.4) is 0 Å². The molecular formula is C13H21N3O. The third-order valence-corrected chi connectivity index (χ3v) is 2.54. The molecule has 1 amide bonds. The number of carbonyl (C=O) groups excluding carboxylic acids is 1. The van der Waals surface area contributed by atoms with Crippen molar-refractivity contribution in [3.63, 3.8) is 0 Å². The molecular weight excluding hydrogens is 214 g/mol. The number of rotatable bonds is 7. The molecule has 0 bridgehead atoms. The van der Waals surface area contributed by atoms with Crippen molar-refractivity contribution in [2.75, 3.05) is 25.0 Å². The molecule has 0 aliphatic rings. The van der Waals surface area contributed by atoms with E-state index >= 15 is 0 Å². The van der Waals surface area contributed by atoms with Gasteiger partial charge in [-0.1, -0.05) is 13.0 Å². The third kappa shape index (κ3) is 4.44. The lowest BCUT2D eigenvalue weighted by molar-refractivity contribution is 0.100. The van der Waals surface area contributed by atoms with Crippen LogP contribution >= 0.6 is 0 Å². The first-order valence-electron chi connectivity index (χ1n) is 6.00. The van der Waals surface area contributed by atoms with Gasteiger partial charge < -0.3 is 16.4 Å². The van der Waals surface area contributed by atoms with Gasteiger partial charge in [-0.25, -0.2) is 0 Å². The lowest BCUT2D eigenvalue weighted by Gasteiger charge is -2.11. The summed E-state index contributed by atoms with van der Waals surface area (Å²) in [6.45, 7) is 6.86. The summed E-state index contributed by atoms with van der Waals surface area (Å²) in [7, 11) is 0. The van der Waals surface area contributed by atoms with E-state index in [0.717, 1.165) is 37.3 Å². The molecule has 1 aromatic rings. The number of nitrogens with two attached hydrogens (primary N) is 1. The van der Waals surface area contributed by atoms with Crippen LogP contribution < -0.4 is 16.4 Å². The topological polar surface area (TPSA) is 67.2 Å². The molecule has 1 aromatic carbocycles. The minimum atomic E-state index is -0.390. The number of hydrogen-bond donors (Lipinski definition) is 3. The number of carbonyl (C=O) groups is 1. The second-order valence-corrected chi connectivity index (χ2v) is 4.05. The van der Waals surface area contributed by atoms with E-state index in [1.165, 1.54) is 0 Å². The highest BCUT2D eigenvalue weighted by atomic mass is 16.1. The Bertz CT molecular complexity index is 377. The highest BCUT2D eigenvalue weighted by Crippen LogP contribution is 2.16. The summed E-state index contributed by atoms with van der Waals surface area (Å²) in [5.41, 5.74) is 7.82. The molecule has 0 atom stereocenters. The molecule has 4 heteroatoms. The Morgan fingerprint density at radius 3 is 2.76 bits per heavy atom. The van der Waals surface area contributed by atoms with Gasteiger partial charge in [-0.15, -0.1) is 0 Å². The first-order chi connectivity index (χ1) is 8.15. The number of amides is 1. The molecule has 0 aromatic heterocycles.